The fourth-order valence-electron chi connectivity index (χ4n) is 8.37. The normalized spacial score (nSPS) is 14.3. The smallest absolute Gasteiger partial charge is 0.238 e. The van der Waals surface area contributed by atoms with Gasteiger partial charge in [-0.2, -0.15) is 9.97 Å². The second-order valence-corrected chi connectivity index (χ2v) is 14.2. The van der Waals surface area contributed by atoms with Gasteiger partial charge in [0.05, 0.1) is 34.7 Å². The molecule has 0 saturated carbocycles. The molecule has 0 saturated heterocycles. The second kappa shape index (κ2) is 12.8. The van der Waals surface area contributed by atoms with Gasteiger partial charge in [0.1, 0.15) is 0 Å². The summed E-state index contributed by atoms with van der Waals surface area (Å²) in [7, 11) is 0. The summed E-state index contributed by atoms with van der Waals surface area (Å²) in [5, 5.41) is 5.93. The lowest BCUT2D eigenvalue weighted by molar-refractivity contribution is 1.03. The molecule has 0 atom stereocenters. The Hall–Kier alpha value is -7.89. The third-order valence-corrected chi connectivity index (χ3v) is 10.9. The van der Waals surface area contributed by atoms with Crippen LogP contribution in [-0.4, -0.2) is 19.5 Å². The molecule has 0 radical (unpaired) electrons. The van der Waals surface area contributed by atoms with Crippen LogP contribution in [0, 0.1) is 0 Å². The molecule has 2 aromatic heterocycles. The highest BCUT2D eigenvalue weighted by Gasteiger charge is 2.30. The van der Waals surface area contributed by atoms with Gasteiger partial charge in [-0.1, -0.05) is 170 Å². The largest absolute Gasteiger partial charge is 0.309 e. The standard InChI is InChI=1S/C53H33N5/c1-3-13-34(14-4-1)35-25-27-38(28-26-35)51-54-52(39-30-31-43-42-21-9-10-23-46(42)57(48(43)33-39)40-18-5-2-6-19-40)56-53(55-51)58-47-24-12-17-37-16-11-22-44(49(37)47)45-32-29-36-15-7-8-20-41(36)50(45)58/h1-33H/i1D,3D,4D,13D,14D,25D,26D,27D,28D. The molecule has 0 amide bonds. The molecular weight excluding hydrogens is 707 g/mol. The maximum absolute atomic E-state index is 9.49. The SMILES string of the molecule is [2H]c1c([2H])c([2H])c(-c2c([2H])c([2H])c(-c3nc(-c4ccc5c6ccccc6n(-c6ccccc6)c5c4)nc(N4c5c(ccc6ccccc56)-c5cccc6cccc4c56)n3)c([2H])c2[2H])c([2H])c1[2H]. The second-order valence-electron chi connectivity index (χ2n) is 14.2. The summed E-state index contributed by atoms with van der Waals surface area (Å²) in [6.45, 7) is 0. The molecule has 11 aromatic rings. The zero-order valence-corrected chi connectivity index (χ0v) is 30.6. The van der Waals surface area contributed by atoms with Crippen LogP contribution in [0.25, 0.3) is 94.1 Å². The summed E-state index contributed by atoms with van der Waals surface area (Å²) in [6.07, 6.45) is 0. The Kier molecular flexibility index (Phi) is 5.44. The number of nitrogens with zero attached hydrogens (tertiary/aromatic N) is 5. The van der Waals surface area contributed by atoms with E-state index >= 15 is 0 Å². The van der Waals surface area contributed by atoms with Gasteiger partial charge >= 0.3 is 0 Å². The predicted molar refractivity (Wildman–Crippen MR) is 239 cm³/mol. The fraction of sp³-hybridized carbons (Fsp3) is 0. The maximum Gasteiger partial charge on any atom is 0.238 e. The molecule has 0 fully saturated rings. The van der Waals surface area contributed by atoms with Gasteiger partial charge in [-0.05, 0) is 57.8 Å². The number of fused-ring (bicyclic) bond motifs is 7. The topological polar surface area (TPSA) is 46.8 Å². The summed E-state index contributed by atoms with van der Waals surface area (Å²) in [5.74, 6) is 0.210. The lowest BCUT2D eigenvalue weighted by Gasteiger charge is -2.33. The van der Waals surface area contributed by atoms with E-state index in [2.05, 4.69) is 53.1 Å². The minimum atomic E-state index is -0.655. The first-order chi connectivity index (χ1) is 32.5. The van der Waals surface area contributed by atoms with Crippen molar-refractivity contribution in [2.24, 2.45) is 0 Å². The molecule has 1 aliphatic rings. The third kappa shape index (κ3) is 5.00. The number of rotatable bonds is 5. The van der Waals surface area contributed by atoms with Gasteiger partial charge in [0.25, 0.3) is 0 Å². The first-order valence-corrected chi connectivity index (χ1v) is 18.9. The molecule has 3 heterocycles. The summed E-state index contributed by atoms with van der Waals surface area (Å²) >= 11 is 0. The minimum Gasteiger partial charge on any atom is -0.309 e. The Morgan fingerprint density at radius 2 is 1.10 bits per heavy atom. The molecule has 0 aliphatic carbocycles. The van der Waals surface area contributed by atoms with Crippen LogP contribution in [0.5, 0.6) is 0 Å². The van der Waals surface area contributed by atoms with Crippen molar-refractivity contribution in [3.8, 4) is 50.7 Å². The Balaban J connectivity index is 1.17. The van der Waals surface area contributed by atoms with E-state index in [0.717, 1.165) is 71.5 Å². The van der Waals surface area contributed by atoms with Crippen molar-refractivity contribution in [2.75, 3.05) is 4.90 Å². The van der Waals surface area contributed by atoms with Crippen molar-refractivity contribution < 1.29 is 12.3 Å². The highest BCUT2D eigenvalue weighted by Crippen LogP contribution is 2.53. The average molecular weight is 749 g/mol. The molecule has 1 aliphatic heterocycles. The lowest BCUT2D eigenvalue weighted by Crippen LogP contribution is -2.19. The van der Waals surface area contributed by atoms with E-state index in [1.54, 1.807) is 0 Å². The van der Waals surface area contributed by atoms with Crippen molar-refractivity contribution in [3.63, 3.8) is 0 Å². The van der Waals surface area contributed by atoms with Gasteiger partial charge < -0.3 is 4.57 Å². The third-order valence-electron chi connectivity index (χ3n) is 10.9. The Morgan fingerprint density at radius 3 is 1.95 bits per heavy atom. The summed E-state index contributed by atoms with van der Waals surface area (Å²) in [5.41, 5.74) is 5.89. The van der Waals surface area contributed by atoms with Gasteiger partial charge in [-0.15, -0.1) is 0 Å². The van der Waals surface area contributed by atoms with Crippen LogP contribution in [0.4, 0.5) is 17.3 Å². The first-order valence-electron chi connectivity index (χ1n) is 23.4. The highest BCUT2D eigenvalue weighted by atomic mass is 15.3. The van der Waals surface area contributed by atoms with E-state index < -0.39 is 65.5 Å². The van der Waals surface area contributed by atoms with E-state index in [1.807, 2.05) is 102 Å². The molecule has 9 aromatic carbocycles. The quantitative estimate of drug-likeness (QED) is 0.176. The van der Waals surface area contributed by atoms with Gasteiger partial charge in [0.2, 0.25) is 5.95 Å². The molecule has 0 N–H and O–H groups in total. The Labute approximate surface area is 347 Å². The summed E-state index contributed by atoms with van der Waals surface area (Å²) in [6, 6.07) is 43.1. The first kappa shape index (κ1) is 24.6. The van der Waals surface area contributed by atoms with Crippen molar-refractivity contribution in [3.05, 3.63) is 200 Å². The van der Waals surface area contributed by atoms with E-state index in [9.17, 15) is 5.48 Å². The monoisotopic (exact) mass is 748 g/mol. The molecule has 0 unspecified atom stereocenters. The van der Waals surface area contributed by atoms with E-state index in [-0.39, 0.29) is 23.2 Å². The number of hydrogen-bond donors (Lipinski definition) is 0. The number of para-hydroxylation sites is 2. The molecule has 12 rings (SSSR count). The van der Waals surface area contributed by atoms with E-state index in [0.29, 0.717) is 5.56 Å². The number of hydrogen-bond acceptors (Lipinski definition) is 4. The van der Waals surface area contributed by atoms with Crippen molar-refractivity contribution >= 4 is 60.7 Å². The number of anilines is 3. The molecule has 5 nitrogen and oxygen atoms in total. The Morgan fingerprint density at radius 1 is 0.431 bits per heavy atom. The van der Waals surface area contributed by atoms with Crippen LogP contribution >= 0.6 is 0 Å². The lowest BCUT2D eigenvalue weighted by atomic mass is 9.89. The number of benzene rings is 9. The Bertz CT molecular complexity index is 3880. The highest BCUT2D eigenvalue weighted by molar-refractivity contribution is 6.18. The molecule has 270 valence electrons. The van der Waals surface area contributed by atoms with E-state index in [1.165, 1.54) is 0 Å². The van der Waals surface area contributed by atoms with Crippen LogP contribution < -0.4 is 4.90 Å². The zero-order chi connectivity index (χ0) is 46.0. The molecular formula is C53H33N5. The van der Waals surface area contributed by atoms with Crippen molar-refractivity contribution in [1.82, 2.24) is 19.5 Å². The predicted octanol–water partition coefficient (Wildman–Crippen LogP) is 13.7. The van der Waals surface area contributed by atoms with Crippen LogP contribution in [0.3, 0.4) is 0 Å². The molecule has 58 heavy (non-hydrogen) atoms. The zero-order valence-electron chi connectivity index (χ0n) is 39.6. The molecule has 5 heteroatoms. The van der Waals surface area contributed by atoms with Gasteiger partial charge in [-0.25, -0.2) is 4.98 Å². The average Bonchev–Trinajstić information content (AvgIpc) is 3.69. The van der Waals surface area contributed by atoms with Gasteiger partial charge in [0, 0.05) is 43.9 Å². The van der Waals surface area contributed by atoms with Gasteiger partial charge in [0.15, 0.2) is 11.6 Å². The maximum atomic E-state index is 9.49. The van der Waals surface area contributed by atoms with E-state index in [4.69, 9.17) is 21.8 Å². The van der Waals surface area contributed by atoms with Crippen LogP contribution in [0.2, 0.25) is 0 Å². The van der Waals surface area contributed by atoms with Crippen LogP contribution in [0.1, 0.15) is 12.3 Å². The summed E-state index contributed by atoms with van der Waals surface area (Å²) < 4.78 is 81.8. The minimum absolute atomic E-state index is 0.152. The number of aromatic nitrogens is 4. The fourth-order valence-corrected chi connectivity index (χ4v) is 8.37. The van der Waals surface area contributed by atoms with Crippen molar-refractivity contribution in [1.29, 1.82) is 0 Å². The van der Waals surface area contributed by atoms with Crippen molar-refractivity contribution in [2.45, 2.75) is 0 Å². The van der Waals surface area contributed by atoms with Crippen LogP contribution in [-0.2, 0) is 0 Å². The van der Waals surface area contributed by atoms with Gasteiger partial charge in [-0.3, -0.25) is 4.90 Å². The van der Waals surface area contributed by atoms with Crippen LogP contribution in [0.15, 0.2) is 200 Å². The molecule has 0 bridgehead atoms. The summed E-state index contributed by atoms with van der Waals surface area (Å²) in [4.78, 5) is 17.4. The molecule has 0 spiro atoms.